The van der Waals surface area contributed by atoms with E-state index < -0.39 is 0 Å². The maximum absolute atomic E-state index is 11.7. The van der Waals surface area contributed by atoms with Crippen LogP contribution in [0.15, 0.2) is 35.4 Å². The highest BCUT2D eigenvalue weighted by molar-refractivity contribution is 5.64. The molecule has 0 radical (unpaired) electrons. The third kappa shape index (κ3) is 2.34. The molecule has 0 aliphatic heterocycles. The molecule has 1 heterocycles. The van der Waals surface area contributed by atoms with Crippen LogP contribution in [-0.2, 0) is 6.42 Å². The zero-order chi connectivity index (χ0) is 12.3. The number of hydrogen-bond acceptors (Lipinski definition) is 4. The molecule has 5 heteroatoms. The van der Waals surface area contributed by atoms with Gasteiger partial charge in [0.15, 0.2) is 0 Å². The first-order valence-corrected chi connectivity index (χ1v) is 5.28. The number of hydrogen-bond donors (Lipinski definition) is 3. The number of nitrogens with one attached hydrogen (secondary N) is 1. The van der Waals surface area contributed by atoms with E-state index in [-0.39, 0.29) is 11.3 Å². The molecule has 4 N–H and O–H groups in total. The van der Waals surface area contributed by atoms with E-state index in [1.165, 1.54) is 6.33 Å². The van der Waals surface area contributed by atoms with Crippen molar-refractivity contribution in [2.24, 2.45) is 5.73 Å². The first-order valence-electron chi connectivity index (χ1n) is 5.28. The summed E-state index contributed by atoms with van der Waals surface area (Å²) in [5.41, 5.74) is 7.10. The van der Waals surface area contributed by atoms with Gasteiger partial charge in [0.05, 0.1) is 12.0 Å². The highest BCUT2D eigenvalue weighted by Crippen LogP contribution is 2.22. The number of phenols is 1. The topological polar surface area (TPSA) is 92.0 Å². The Labute approximate surface area is 98.0 Å². The summed E-state index contributed by atoms with van der Waals surface area (Å²) in [4.78, 5) is 18.3. The quantitative estimate of drug-likeness (QED) is 0.723. The highest BCUT2D eigenvalue weighted by atomic mass is 16.3. The van der Waals surface area contributed by atoms with Gasteiger partial charge in [-0.25, -0.2) is 4.98 Å². The maximum atomic E-state index is 11.7. The van der Waals surface area contributed by atoms with Crippen molar-refractivity contribution in [2.45, 2.75) is 6.42 Å². The number of aromatic hydroxyl groups is 1. The van der Waals surface area contributed by atoms with Gasteiger partial charge in [-0.15, -0.1) is 0 Å². The Morgan fingerprint density at radius 2 is 2.24 bits per heavy atom. The van der Waals surface area contributed by atoms with Crippen LogP contribution in [0.3, 0.4) is 0 Å². The van der Waals surface area contributed by atoms with E-state index in [0.717, 1.165) is 0 Å². The van der Waals surface area contributed by atoms with Crippen LogP contribution in [0, 0.1) is 0 Å². The smallest absolute Gasteiger partial charge is 0.254 e. The van der Waals surface area contributed by atoms with Crippen LogP contribution in [0.5, 0.6) is 5.75 Å². The summed E-state index contributed by atoms with van der Waals surface area (Å²) in [5, 5.41) is 9.43. The Morgan fingerprint density at radius 3 is 2.94 bits per heavy atom. The van der Waals surface area contributed by atoms with Crippen LogP contribution in [0.2, 0.25) is 0 Å². The number of aromatic amines is 1. The number of rotatable bonds is 3. The summed E-state index contributed by atoms with van der Waals surface area (Å²) < 4.78 is 0. The van der Waals surface area contributed by atoms with Gasteiger partial charge in [0, 0.05) is 11.1 Å². The highest BCUT2D eigenvalue weighted by Gasteiger charge is 2.10. The van der Waals surface area contributed by atoms with Gasteiger partial charge in [0.2, 0.25) is 0 Å². The number of aromatic nitrogens is 2. The van der Waals surface area contributed by atoms with Gasteiger partial charge >= 0.3 is 0 Å². The Balaban J connectivity index is 2.59. The molecule has 1 aromatic heterocycles. The molecule has 0 fully saturated rings. The number of benzene rings is 1. The Kier molecular flexibility index (Phi) is 3.20. The van der Waals surface area contributed by atoms with E-state index in [2.05, 4.69) is 9.97 Å². The molecule has 0 bridgehead atoms. The third-order valence-electron chi connectivity index (χ3n) is 2.46. The monoisotopic (exact) mass is 231 g/mol. The molecule has 0 unspecified atom stereocenters. The van der Waals surface area contributed by atoms with E-state index in [1.807, 2.05) is 0 Å². The van der Waals surface area contributed by atoms with Crippen LogP contribution in [0.1, 0.15) is 5.56 Å². The first-order chi connectivity index (χ1) is 8.22. The first kappa shape index (κ1) is 11.3. The van der Waals surface area contributed by atoms with Crippen molar-refractivity contribution in [3.05, 3.63) is 46.5 Å². The van der Waals surface area contributed by atoms with Gasteiger partial charge in [-0.05, 0) is 25.1 Å². The van der Waals surface area contributed by atoms with Crippen LogP contribution in [0.25, 0.3) is 11.3 Å². The average Bonchev–Trinajstić information content (AvgIpc) is 2.32. The number of H-pyrrole nitrogens is 1. The summed E-state index contributed by atoms with van der Waals surface area (Å²) in [6.45, 7) is 0.376. The van der Waals surface area contributed by atoms with Crippen LogP contribution in [0.4, 0.5) is 0 Å². The van der Waals surface area contributed by atoms with Crippen molar-refractivity contribution in [3.63, 3.8) is 0 Å². The lowest BCUT2D eigenvalue weighted by molar-refractivity contribution is 0.475. The van der Waals surface area contributed by atoms with Crippen molar-refractivity contribution in [1.29, 1.82) is 0 Å². The zero-order valence-electron chi connectivity index (χ0n) is 9.18. The van der Waals surface area contributed by atoms with E-state index >= 15 is 0 Å². The predicted octanol–water partition coefficient (Wildman–Crippen LogP) is 0.644. The second-order valence-corrected chi connectivity index (χ2v) is 3.65. The van der Waals surface area contributed by atoms with Crippen molar-refractivity contribution in [1.82, 2.24) is 9.97 Å². The summed E-state index contributed by atoms with van der Waals surface area (Å²) in [5.74, 6) is 0.142. The van der Waals surface area contributed by atoms with E-state index in [0.29, 0.717) is 29.8 Å². The van der Waals surface area contributed by atoms with Crippen molar-refractivity contribution >= 4 is 0 Å². The Morgan fingerprint density at radius 1 is 1.41 bits per heavy atom. The zero-order valence-corrected chi connectivity index (χ0v) is 9.18. The normalized spacial score (nSPS) is 10.4. The summed E-state index contributed by atoms with van der Waals surface area (Å²) in [6, 6.07) is 6.64. The lowest BCUT2D eigenvalue weighted by atomic mass is 10.0. The Hall–Kier alpha value is -2.14. The molecule has 5 nitrogen and oxygen atoms in total. The third-order valence-corrected chi connectivity index (χ3v) is 2.46. The van der Waals surface area contributed by atoms with Gasteiger partial charge in [-0.3, -0.25) is 4.79 Å². The molecular weight excluding hydrogens is 218 g/mol. The van der Waals surface area contributed by atoms with Crippen molar-refractivity contribution < 1.29 is 5.11 Å². The van der Waals surface area contributed by atoms with Gasteiger partial charge in [-0.2, -0.15) is 0 Å². The molecule has 2 rings (SSSR count). The van der Waals surface area contributed by atoms with Crippen LogP contribution in [-0.4, -0.2) is 21.6 Å². The SMILES string of the molecule is NCCc1c(-c2cccc(O)c2)nc[nH]c1=O. The molecule has 1 aromatic carbocycles. The van der Waals surface area contributed by atoms with Gasteiger partial charge in [0.25, 0.3) is 5.56 Å². The lowest BCUT2D eigenvalue weighted by Gasteiger charge is -2.06. The summed E-state index contributed by atoms with van der Waals surface area (Å²) in [7, 11) is 0. The molecule has 0 spiro atoms. The minimum atomic E-state index is -0.191. The fourth-order valence-electron chi connectivity index (χ4n) is 1.71. The fourth-order valence-corrected chi connectivity index (χ4v) is 1.71. The molecule has 0 saturated heterocycles. The standard InChI is InChI=1S/C12H13N3O2/c13-5-4-10-11(14-7-15-12(10)17)8-2-1-3-9(16)6-8/h1-3,6-7,16H,4-5,13H2,(H,14,15,17). The molecule has 0 saturated carbocycles. The minimum absolute atomic E-state index is 0.142. The molecule has 0 atom stereocenters. The van der Waals surface area contributed by atoms with Crippen molar-refractivity contribution in [2.75, 3.05) is 6.54 Å². The largest absolute Gasteiger partial charge is 0.508 e. The molecule has 88 valence electrons. The van der Waals surface area contributed by atoms with E-state index in [9.17, 15) is 9.90 Å². The van der Waals surface area contributed by atoms with Crippen molar-refractivity contribution in [3.8, 4) is 17.0 Å². The van der Waals surface area contributed by atoms with Gasteiger partial charge < -0.3 is 15.8 Å². The molecule has 0 aliphatic carbocycles. The predicted molar refractivity (Wildman–Crippen MR) is 64.7 cm³/mol. The van der Waals surface area contributed by atoms with E-state index in [4.69, 9.17) is 5.73 Å². The van der Waals surface area contributed by atoms with Crippen LogP contribution >= 0.6 is 0 Å². The second kappa shape index (κ2) is 4.80. The van der Waals surface area contributed by atoms with E-state index in [1.54, 1.807) is 24.3 Å². The number of nitrogens with two attached hydrogens (primary N) is 1. The molecule has 17 heavy (non-hydrogen) atoms. The average molecular weight is 231 g/mol. The minimum Gasteiger partial charge on any atom is -0.508 e. The molecular formula is C12H13N3O2. The molecule has 2 aromatic rings. The summed E-state index contributed by atoms with van der Waals surface area (Å²) in [6.07, 6.45) is 1.80. The fraction of sp³-hybridized carbons (Fsp3) is 0.167. The van der Waals surface area contributed by atoms with Crippen LogP contribution < -0.4 is 11.3 Å². The lowest BCUT2D eigenvalue weighted by Crippen LogP contribution is -2.18. The van der Waals surface area contributed by atoms with Gasteiger partial charge in [-0.1, -0.05) is 12.1 Å². The second-order valence-electron chi connectivity index (χ2n) is 3.65. The number of nitrogens with zero attached hydrogens (tertiary/aromatic N) is 1. The molecule has 0 aliphatic rings. The van der Waals surface area contributed by atoms with Gasteiger partial charge in [0.1, 0.15) is 5.75 Å². The number of phenolic OH excluding ortho intramolecular Hbond substituents is 1. The Bertz CT molecular complexity index is 578. The summed E-state index contributed by atoms with van der Waals surface area (Å²) >= 11 is 0. The maximum Gasteiger partial charge on any atom is 0.254 e. The molecule has 0 amide bonds.